The van der Waals surface area contributed by atoms with Gasteiger partial charge in [0.05, 0.1) is 5.92 Å². The first-order valence-corrected chi connectivity index (χ1v) is 3.85. The molecule has 1 rings (SSSR count). The Kier molecular flexibility index (Phi) is 2.65. The average molecular weight is 155 g/mol. The Morgan fingerprint density at radius 3 is 2.91 bits per heavy atom. The Morgan fingerprint density at radius 2 is 2.45 bits per heavy atom. The fourth-order valence-corrected chi connectivity index (χ4v) is 1.26. The fraction of sp³-hybridized carbons (Fsp3) is 0.625. The van der Waals surface area contributed by atoms with Gasteiger partial charge in [-0.1, -0.05) is 12.2 Å². The van der Waals surface area contributed by atoms with Crippen molar-refractivity contribution in [3.8, 4) is 0 Å². The maximum Gasteiger partial charge on any atom is 0.252 e. The number of hydroxylamine groups is 2. The van der Waals surface area contributed by atoms with E-state index in [1.165, 1.54) is 7.05 Å². The number of allylic oxidation sites excluding steroid dienone is 1. The van der Waals surface area contributed by atoms with Crippen molar-refractivity contribution >= 4 is 5.91 Å². The molecule has 0 radical (unpaired) electrons. The highest BCUT2D eigenvalue weighted by molar-refractivity contribution is 5.79. The Balaban J connectivity index is 2.52. The van der Waals surface area contributed by atoms with E-state index in [-0.39, 0.29) is 11.8 Å². The van der Waals surface area contributed by atoms with Gasteiger partial charge in [-0.25, -0.2) is 5.06 Å². The van der Waals surface area contributed by atoms with E-state index in [4.69, 9.17) is 5.21 Å². The Hall–Kier alpha value is -0.830. The Morgan fingerprint density at radius 1 is 1.73 bits per heavy atom. The zero-order valence-electron chi connectivity index (χ0n) is 6.66. The van der Waals surface area contributed by atoms with Crippen LogP contribution < -0.4 is 0 Å². The van der Waals surface area contributed by atoms with Crippen molar-refractivity contribution in [2.24, 2.45) is 5.92 Å². The summed E-state index contributed by atoms with van der Waals surface area (Å²) in [6, 6.07) is 0. The molecule has 0 saturated carbocycles. The second kappa shape index (κ2) is 3.53. The minimum atomic E-state index is -0.207. The molecular weight excluding hydrogens is 142 g/mol. The van der Waals surface area contributed by atoms with Crippen LogP contribution in [0.15, 0.2) is 12.2 Å². The van der Waals surface area contributed by atoms with Crippen LogP contribution in [0, 0.1) is 5.92 Å². The summed E-state index contributed by atoms with van der Waals surface area (Å²) in [6.45, 7) is 0. The molecular formula is C8H13NO2. The van der Waals surface area contributed by atoms with Gasteiger partial charge < -0.3 is 0 Å². The number of hydrogen-bond acceptors (Lipinski definition) is 2. The SMILES string of the molecule is CN(O)C(=O)C1C=CCCC1. The van der Waals surface area contributed by atoms with Gasteiger partial charge in [0.25, 0.3) is 5.91 Å². The summed E-state index contributed by atoms with van der Waals surface area (Å²) in [5.74, 6) is -0.306. The first kappa shape index (κ1) is 8.27. The molecule has 0 fully saturated rings. The van der Waals surface area contributed by atoms with Crippen molar-refractivity contribution in [2.45, 2.75) is 19.3 Å². The summed E-state index contributed by atoms with van der Waals surface area (Å²) >= 11 is 0. The molecule has 3 nitrogen and oxygen atoms in total. The minimum Gasteiger partial charge on any atom is -0.286 e. The van der Waals surface area contributed by atoms with E-state index in [0.717, 1.165) is 19.3 Å². The largest absolute Gasteiger partial charge is 0.286 e. The van der Waals surface area contributed by atoms with E-state index < -0.39 is 0 Å². The number of carbonyl (C=O) groups excluding carboxylic acids is 1. The van der Waals surface area contributed by atoms with Crippen LogP contribution in [0.25, 0.3) is 0 Å². The van der Waals surface area contributed by atoms with Crippen LogP contribution >= 0.6 is 0 Å². The van der Waals surface area contributed by atoms with Crippen LogP contribution in [-0.2, 0) is 4.79 Å². The Labute approximate surface area is 66.3 Å². The molecule has 0 aromatic heterocycles. The van der Waals surface area contributed by atoms with Gasteiger partial charge in [0.1, 0.15) is 0 Å². The number of rotatable bonds is 1. The molecule has 1 aliphatic carbocycles. The molecule has 0 bridgehead atoms. The second-order valence-corrected chi connectivity index (χ2v) is 2.83. The number of hydrogen-bond donors (Lipinski definition) is 1. The number of carbonyl (C=O) groups is 1. The van der Waals surface area contributed by atoms with Gasteiger partial charge in [-0.3, -0.25) is 10.0 Å². The lowest BCUT2D eigenvalue weighted by molar-refractivity contribution is -0.162. The molecule has 0 aromatic carbocycles. The molecule has 1 atom stereocenters. The minimum absolute atomic E-state index is 0.0984. The molecule has 1 aliphatic rings. The fourth-order valence-electron chi connectivity index (χ4n) is 1.26. The topological polar surface area (TPSA) is 40.5 Å². The molecule has 1 amide bonds. The summed E-state index contributed by atoms with van der Waals surface area (Å²) in [6.07, 6.45) is 6.83. The van der Waals surface area contributed by atoms with E-state index in [1.54, 1.807) is 0 Å². The molecule has 0 aromatic rings. The van der Waals surface area contributed by atoms with Gasteiger partial charge in [0.15, 0.2) is 0 Å². The molecule has 3 heteroatoms. The zero-order valence-corrected chi connectivity index (χ0v) is 6.66. The molecule has 1 unspecified atom stereocenters. The average Bonchev–Trinajstić information content (AvgIpc) is 2.05. The van der Waals surface area contributed by atoms with Crippen molar-refractivity contribution in [1.82, 2.24) is 5.06 Å². The van der Waals surface area contributed by atoms with Crippen molar-refractivity contribution in [3.63, 3.8) is 0 Å². The molecule has 1 N–H and O–H groups in total. The van der Waals surface area contributed by atoms with E-state index in [0.29, 0.717) is 5.06 Å². The first-order valence-electron chi connectivity index (χ1n) is 3.85. The van der Waals surface area contributed by atoms with E-state index in [2.05, 4.69) is 0 Å². The third kappa shape index (κ3) is 2.05. The van der Waals surface area contributed by atoms with Crippen molar-refractivity contribution in [3.05, 3.63) is 12.2 Å². The van der Waals surface area contributed by atoms with Crippen molar-refractivity contribution in [2.75, 3.05) is 7.05 Å². The number of amides is 1. The highest BCUT2D eigenvalue weighted by atomic mass is 16.5. The van der Waals surface area contributed by atoms with Crippen molar-refractivity contribution in [1.29, 1.82) is 0 Å². The van der Waals surface area contributed by atoms with E-state index in [9.17, 15) is 4.79 Å². The van der Waals surface area contributed by atoms with E-state index in [1.807, 2.05) is 12.2 Å². The van der Waals surface area contributed by atoms with Crippen molar-refractivity contribution < 1.29 is 10.0 Å². The van der Waals surface area contributed by atoms with Crippen LogP contribution in [0.4, 0.5) is 0 Å². The van der Waals surface area contributed by atoms with Gasteiger partial charge in [-0.2, -0.15) is 0 Å². The maximum atomic E-state index is 11.1. The van der Waals surface area contributed by atoms with Crippen LogP contribution in [0.2, 0.25) is 0 Å². The highest BCUT2D eigenvalue weighted by Crippen LogP contribution is 2.17. The van der Waals surface area contributed by atoms with Crippen LogP contribution in [-0.4, -0.2) is 23.2 Å². The lowest BCUT2D eigenvalue weighted by atomic mass is 9.95. The third-order valence-corrected chi connectivity index (χ3v) is 1.89. The summed E-state index contributed by atoms with van der Waals surface area (Å²) in [5.41, 5.74) is 0. The molecule has 62 valence electrons. The summed E-state index contributed by atoms with van der Waals surface area (Å²) < 4.78 is 0. The first-order chi connectivity index (χ1) is 5.22. The maximum absolute atomic E-state index is 11.1. The van der Waals surface area contributed by atoms with Crippen LogP contribution in [0.1, 0.15) is 19.3 Å². The molecule has 0 aliphatic heterocycles. The smallest absolute Gasteiger partial charge is 0.252 e. The Bertz CT molecular complexity index is 175. The van der Waals surface area contributed by atoms with Crippen LogP contribution in [0.5, 0.6) is 0 Å². The van der Waals surface area contributed by atoms with Crippen LogP contribution in [0.3, 0.4) is 0 Å². The zero-order chi connectivity index (χ0) is 8.27. The van der Waals surface area contributed by atoms with Gasteiger partial charge in [-0.05, 0) is 19.3 Å². The summed E-state index contributed by atoms with van der Waals surface area (Å²) in [5, 5.41) is 9.49. The quantitative estimate of drug-likeness (QED) is 0.351. The standard InChI is InChI=1S/C8H13NO2/c1-9(11)8(10)7-5-3-2-4-6-7/h3,5,7,11H,2,4,6H2,1H3. The third-order valence-electron chi connectivity index (χ3n) is 1.89. The van der Waals surface area contributed by atoms with Gasteiger partial charge >= 0.3 is 0 Å². The lowest BCUT2D eigenvalue weighted by Gasteiger charge is -2.18. The highest BCUT2D eigenvalue weighted by Gasteiger charge is 2.19. The molecule has 11 heavy (non-hydrogen) atoms. The second-order valence-electron chi connectivity index (χ2n) is 2.83. The van der Waals surface area contributed by atoms with Gasteiger partial charge in [0.2, 0.25) is 0 Å². The number of nitrogens with zero attached hydrogens (tertiary/aromatic N) is 1. The van der Waals surface area contributed by atoms with Gasteiger partial charge in [-0.15, -0.1) is 0 Å². The predicted octanol–water partition coefficient (Wildman–Crippen LogP) is 1.19. The summed E-state index contributed by atoms with van der Waals surface area (Å²) in [7, 11) is 1.37. The molecule has 0 heterocycles. The molecule has 0 saturated heterocycles. The summed E-state index contributed by atoms with van der Waals surface area (Å²) in [4.78, 5) is 11.1. The van der Waals surface area contributed by atoms with Gasteiger partial charge in [0, 0.05) is 7.05 Å². The monoisotopic (exact) mass is 155 g/mol. The molecule has 0 spiro atoms. The lowest BCUT2D eigenvalue weighted by Crippen LogP contribution is -2.29. The predicted molar refractivity (Wildman–Crippen MR) is 41.0 cm³/mol. The normalized spacial score (nSPS) is 23.3. The van der Waals surface area contributed by atoms with E-state index >= 15 is 0 Å².